The number of benzene rings is 1. The van der Waals surface area contributed by atoms with Crippen LogP contribution in [0.4, 0.5) is 0 Å². The maximum Gasteiger partial charge on any atom is 0.234 e. The smallest absolute Gasteiger partial charge is 0.234 e. The lowest BCUT2D eigenvalue weighted by Gasteiger charge is -2.18. The van der Waals surface area contributed by atoms with Crippen LogP contribution in [0.15, 0.2) is 24.3 Å². The Kier molecular flexibility index (Phi) is 6.54. The van der Waals surface area contributed by atoms with E-state index in [0.29, 0.717) is 23.9 Å². The van der Waals surface area contributed by atoms with Gasteiger partial charge in [0, 0.05) is 0 Å². The first-order valence-electron chi connectivity index (χ1n) is 5.99. The zero-order valence-electron chi connectivity index (χ0n) is 10.7. The number of nitrogens with one attached hydrogen (secondary N) is 2. The summed E-state index contributed by atoms with van der Waals surface area (Å²) >= 11 is 6.02. The van der Waals surface area contributed by atoms with Gasteiger partial charge in [-0.1, -0.05) is 30.7 Å². The molecule has 4 nitrogen and oxygen atoms in total. The van der Waals surface area contributed by atoms with Crippen LogP contribution in [0.25, 0.3) is 0 Å². The molecule has 1 rings (SSSR count). The van der Waals surface area contributed by atoms with Gasteiger partial charge >= 0.3 is 0 Å². The average molecular weight is 271 g/mol. The van der Waals surface area contributed by atoms with Crippen molar-refractivity contribution in [3.05, 3.63) is 29.3 Å². The minimum absolute atomic E-state index is 0.0429. The molecule has 0 aromatic heterocycles. The number of ether oxygens (including phenoxy) is 1. The minimum Gasteiger partial charge on any atom is -0.487 e. The standard InChI is InChI=1S/C13H19ClN2O2/c1-3-10(8-16-13(17)9-15-2)18-12-7-5-4-6-11(12)14/h4-7,10,15H,3,8-9H2,1-2H3,(H,16,17). The monoisotopic (exact) mass is 270 g/mol. The Morgan fingerprint density at radius 1 is 1.44 bits per heavy atom. The van der Waals surface area contributed by atoms with E-state index in [1.807, 2.05) is 25.1 Å². The summed E-state index contributed by atoms with van der Waals surface area (Å²) in [5.41, 5.74) is 0. The molecule has 1 aromatic carbocycles. The summed E-state index contributed by atoms with van der Waals surface area (Å²) in [7, 11) is 1.73. The lowest BCUT2D eigenvalue weighted by molar-refractivity contribution is -0.120. The summed E-state index contributed by atoms with van der Waals surface area (Å²) in [6, 6.07) is 7.32. The molecule has 0 saturated heterocycles. The summed E-state index contributed by atoms with van der Waals surface area (Å²) in [6.45, 7) is 2.79. The van der Waals surface area contributed by atoms with Gasteiger partial charge in [0.1, 0.15) is 11.9 Å². The van der Waals surface area contributed by atoms with E-state index >= 15 is 0 Å². The molecule has 5 heteroatoms. The molecule has 1 atom stereocenters. The van der Waals surface area contributed by atoms with Crippen LogP contribution in [0, 0.1) is 0 Å². The molecule has 0 radical (unpaired) electrons. The molecule has 0 aliphatic rings. The van der Waals surface area contributed by atoms with E-state index in [2.05, 4.69) is 10.6 Å². The van der Waals surface area contributed by atoms with Gasteiger partial charge in [0.25, 0.3) is 0 Å². The van der Waals surface area contributed by atoms with Crippen molar-refractivity contribution in [2.24, 2.45) is 0 Å². The SMILES string of the molecule is CCC(CNC(=O)CNC)Oc1ccccc1Cl. The number of halogens is 1. The topological polar surface area (TPSA) is 50.4 Å². The lowest BCUT2D eigenvalue weighted by atomic mass is 10.2. The van der Waals surface area contributed by atoms with Crippen LogP contribution in [0.5, 0.6) is 5.75 Å². The van der Waals surface area contributed by atoms with Crippen molar-refractivity contribution >= 4 is 17.5 Å². The van der Waals surface area contributed by atoms with Gasteiger partial charge in [0.15, 0.2) is 0 Å². The molecule has 18 heavy (non-hydrogen) atoms. The van der Waals surface area contributed by atoms with E-state index < -0.39 is 0 Å². The van der Waals surface area contributed by atoms with Crippen LogP contribution in [0.3, 0.4) is 0 Å². The molecular weight excluding hydrogens is 252 g/mol. The van der Waals surface area contributed by atoms with Gasteiger partial charge in [-0.25, -0.2) is 0 Å². The summed E-state index contributed by atoms with van der Waals surface area (Å²) < 4.78 is 5.76. The number of amides is 1. The second-order valence-corrected chi connectivity index (χ2v) is 4.32. The van der Waals surface area contributed by atoms with Crippen LogP contribution >= 0.6 is 11.6 Å². The molecule has 0 fully saturated rings. The number of rotatable bonds is 7. The van der Waals surface area contributed by atoms with E-state index in [4.69, 9.17) is 16.3 Å². The first-order chi connectivity index (χ1) is 8.67. The predicted octanol–water partition coefficient (Wildman–Crippen LogP) is 1.83. The van der Waals surface area contributed by atoms with Crippen molar-refractivity contribution in [3.8, 4) is 5.75 Å². The normalized spacial score (nSPS) is 11.9. The molecule has 0 spiro atoms. The molecule has 2 N–H and O–H groups in total. The molecule has 1 unspecified atom stereocenters. The molecule has 0 aliphatic carbocycles. The van der Waals surface area contributed by atoms with E-state index in [1.165, 1.54) is 0 Å². The van der Waals surface area contributed by atoms with Gasteiger partial charge in [-0.05, 0) is 25.6 Å². The number of likely N-dealkylation sites (N-methyl/N-ethyl adjacent to an activating group) is 1. The van der Waals surface area contributed by atoms with Gasteiger partial charge < -0.3 is 15.4 Å². The molecule has 0 saturated carbocycles. The average Bonchev–Trinajstić information content (AvgIpc) is 2.37. The molecule has 1 aromatic rings. The summed E-state index contributed by atoms with van der Waals surface area (Å²) in [4.78, 5) is 11.3. The molecule has 0 aliphatic heterocycles. The second kappa shape index (κ2) is 7.95. The van der Waals surface area contributed by atoms with Crippen molar-refractivity contribution in [3.63, 3.8) is 0 Å². The Labute approximate surface area is 113 Å². The van der Waals surface area contributed by atoms with Crippen molar-refractivity contribution < 1.29 is 9.53 Å². The van der Waals surface area contributed by atoms with Crippen LogP contribution in [-0.4, -0.2) is 32.1 Å². The van der Waals surface area contributed by atoms with Gasteiger partial charge in [-0.3, -0.25) is 4.79 Å². The Bertz CT molecular complexity index is 385. The zero-order chi connectivity index (χ0) is 13.4. The Balaban J connectivity index is 2.47. The van der Waals surface area contributed by atoms with Crippen LogP contribution in [-0.2, 0) is 4.79 Å². The largest absolute Gasteiger partial charge is 0.487 e. The van der Waals surface area contributed by atoms with Crippen molar-refractivity contribution in [1.82, 2.24) is 10.6 Å². The Morgan fingerprint density at radius 3 is 2.78 bits per heavy atom. The number of carbonyl (C=O) groups is 1. The van der Waals surface area contributed by atoms with E-state index in [-0.39, 0.29) is 12.0 Å². The maximum atomic E-state index is 11.3. The molecule has 0 heterocycles. The Morgan fingerprint density at radius 2 is 2.17 bits per heavy atom. The predicted molar refractivity (Wildman–Crippen MR) is 73.1 cm³/mol. The molecule has 0 bridgehead atoms. The molecule has 100 valence electrons. The molecular formula is C13H19ClN2O2. The number of hydrogen-bond donors (Lipinski definition) is 2. The highest BCUT2D eigenvalue weighted by molar-refractivity contribution is 6.32. The van der Waals surface area contributed by atoms with Gasteiger partial charge in [-0.2, -0.15) is 0 Å². The van der Waals surface area contributed by atoms with Crippen molar-refractivity contribution in [2.75, 3.05) is 20.1 Å². The van der Waals surface area contributed by atoms with Gasteiger partial charge in [-0.15, -0.1) is 0 Å². The van der Waals surface area contributed by atoms with Crippen molar-refractivity contribution in [1.29, 1.82) is 0 Å². The highest BCUT2D eigenvalue weighted by Gasteiger charge is 2.11. The number of para-hydroxylation sites is 1. The third kappa shape index (κ3) is 4.94. The third-order valence-corrected chi connectivity index (χ3v) is 2.76. The quantitative estimate of drug-likeness (QED) is 0.795. The first-order valence-corrected chi connectivity index (χ1v) is 6.37. The molecule has 1 amide bonds. The number of carbonyl (C=O) groups excluding carboxylic acids is 1. The van der Waals surface area contributed by atoms with Crippen molar-refractivity contribution in [2.45, 2.75) is 19.4 Å². The first kappa shape index (κ1) is 14.8. The van der Waals surface area contributed by atoms with E-state index in [9.17, 15) is 4.79 Å². The summed E-state index contributed by atoms with van der Waals surface area (Å²) in [5, 5.41) is 6.18. The highest BCUT2D eigenvalue weighted by atomic mass is 35.5. The van der Waals surface area contributed by atoms with E-state index in [1.54, 1.807) is 13.1 Å². The third-order valence-electron chi connectivity index (χ3n) is 2.45. The maximum absolute atomic E-state index is 11.3. The minimum atomic E-state index is -0.0780. The second-order valence-electron chi connectivity index (χ2n) is 3.91. The number of hydrogen-bond acceptors (Lipinski definition) is 3. The summed E-state index contributed by atoms with van der Waals surface area (Å²) in [5.74, 6) is 0.604. The highest BCUT2D eigenvalue weighted by Crippen LogP contribution is 2.24. The fourth-order valence-corrected chi connectivity index (χ4v) is 1.62. The van der Waals surface area contributed by atoms with Crippen LogP contribution in [0.1, 0.15) is 13.3 Å². The fraction of sp³-hybridized carbons (Fsp3) is 0.462. The zero-order valence-corrected chi connectivity index (χ0v) is 11.5. The van der Waals surface area contributed by atoms with E-state index in [0.717, 1.165) is 6.42 Å². The van der Waals surface area contributed by atoms with Crippen LogP contribution < -0.4 is 15.4 Å². The summed E-state index contributed by atoms with van der Waals surface area (Å²) in [6.07, 6.45) is 0.719. The fourth-order valence-electron chi connectivity index (χ4n) is 1.44. The Hall–Kier alpha value is -1.26. The van der Waals surface area contributed by atoms with Gasteiger partial charge in [0.05, 0.1) is 18.1 Å². The lowest BCUT2D eigenvalue weighted by Crippen LogP contribution is -2.39. The van der Waals surface area contributed by atoms with Crippen LogP contribution in [0.2, 0.25) is 5.02 Å². The van der Waals surface area contributed by atoms with Gasteiger partial charge in [0.2, 0.25) is 5.91 Å².